The highest BCUT2D eigenvalue weighted by Gasteiger charge is 2.22. The molecule has 1 aliphatic rings. The molecule has 0 radical (unpaired) electrons. The van der Waals surface area contributed by atoms with Crippen molar-refractivity contribution < 1.29 is 13.2 Å². The highest BCUT2D eigenvalue weighted by molar-refractivity contribution is 7.92. The first-order chi connectivity index (χ1) is 13.3. The van der Waals surface area contributed by atoms with E-state index >= 15 is 0 Å². The van der Waals surface area contributed by atoms with Gasteiger partial charge in [-0.1, -0.05) is 12.5 Å². The number of aryl methyl sites for hydroxylation is 1. The third-order valence-corrected chi connectivity index (χ3v) is 5.64. The summed E-state index contributed by atoms with van der Waals surface area (Å²) in [4.78, 5) is 20.6. The number of amides is 1. The lowest BCUT2D eigenvalue weighted by molar-refractivity contribution is 0.102. The number of carbonyl (C=O) groups is 1. The molecule has 1 heterocycles. The number of hydrogen-bond acceptors (Lipinski definition) is 4. The van der Waals surface area contributed by atoms with Crippen LogP contribution in [0.15, 0.2) is 36.4 Å². The van der Waals surface area contributed by atoms with Crippen molar-refractivity contribution >= 4 is 38.3 Å². The first kappa shape index (κ1) is 18.5. The van der Waals surface area contributed by atoms with Crippen LogP contribution in [0.3, 0.4) is 0 Å². The molecule has 1 aliphatic carbocycles. The third-order valence-electron chi connectivity index (χ3n) is 5.05. The Morgan fingerprint density at radius 2 is 1.96 bits per heavy atom. The van der Waals surface area contributed by atoms with Crippen LogP contribution >= 0.6 is 0 Å². The largest absolute Gasteiger partial charge is 0.342 e. The zero-order valence-electron chi connectivity index (χ0n) is 15.7. The summed E-state index contributed by atoms with van der Waals surface area (Å²) in [6, 6.07) is 10.5. The lowest BCUT2D eigenvalue weighted by atomic mass is 9.85. The number of carbonyl (C=O) groups excluding carboxylic acids is 1. The van der Waals surface area contributed by atoms with Crippen LogP contribution in [0.4, 0.5) is 11.4 Å². The van der Waals surface area contributed by atoms with E-state index in [1.54, 1.807) is 19.1 Å². The molecule has 1 aromatic heterocycles. The molecule has 2 aromatic carbocycles. The van der Waals surface area contributed by atoms with Crippen LogP contribution in [-0.4, -0.2) is 30.5 Å². The number of aromatic amines is 1. The van der Waals surface area contributed by atoms with E-state index in [9.17, 15) is 13.2 Å². The van der Waals surface area contributed by atoms with Gasteiger partial charge in [-0.3, -0.25) is 9.52 Å². The van der Waals surface area contributed by atoms with Crippen molar-refractivity contribution in [2.75, 3.05) is 16.3 Å². The van der Waals surface area contributed by atoms with Crippen molar-refractivity contribution in [3.63, 3.8) is 0 Å². The summed E-state index contributed by atoms with van der Waals surface area (Å²) >= 11 is 0. The van der Waals surface area contributed by atoms with Gasteiger partial charge in [-0.2, -0.15) is 0 Å². The van der Waals surface area contributed by atoms with E-state index in [-0.39, 0.29) is 5.91 Å². The molecule has 4 rings (SSSR count). The van der Waals surface area contributed by atoms with Gasteiger partial charge < -0.3 is 10.3 Å². The zero-order valence-corrected chi connectivity index (χ0v) is 16.6. The van der Waals surface area contributed by atoms with Crippen molar-refractivity contribution in [2.45, 2.75) is 32.1 Å². The molecule has 1 fully saturated rings. The number of hydrogen-bond donors (Lipinski definition) is 3. The number of H-pyrrole nitrogens is 1. The van der Waals surface area contributed by atoms with Crippen molar-refractivity contribution in [1.82, 2.24) is 9.97 Å². The fourth-order valence-electron chi connectivity index (χ4n) is 3.26. The van der Waals surface area contributed by atoms with Gasteiger partial charge >= 0.3 is 0 Å². The number of aromatic nitrogens is 2. The SMILES string of the molecule is Cc1ccc(C(=O)Nc2ccc3nc(C4CCC4)[nH]c3c2)cc1NS(C)(=O)=O. The molecule has 3 N–H and O–H groups in total. The number of rotatable bonds is 5. The second-order valence-corrected chi connectivity index (χ2v) is 9.09. The van der Waals surface area contributed by atoms with Gasteiger partial charge in [-0.25, -0.2) is 13.4 Å². The van der Waals surface area contributed by atoms with Crippen molar-refractivity contribution in [3.8, 4) is 0 Å². The average Bonchev–Trinajstić information content (AvgIpc) is 2.96. The van der Waals surface area contributed by atoms with E-state index in [4.69, 9.17) is 0 Å². The first-order valence-electron chi connectivity index (χ1n) is 9.18. The number of benzene rings is 2. The molecule has 1 saturated carbocycles. The van der Waals surface area contributed by atoms with Gasteiger partial charge in [-0.05, 0) is 55.7 Å². The summed E-state index contributed by atoms with van der Waals surface area (Å²) in [5.41, 5.74) is 3.93. The van der Waals surface area contributed by atoms with Crippen molar-refractivity contribution in [3.05, 3.63) is 53.3 Å². The number of fused-ring (bicyclic) bond motifs is 1. The minimum Gasteiger partial charge on any atom is -0.342 e. The molecule has 28 heavy (non-hydrogen) atoms. The predicted octanol–water partition coefficient (Wildman–Crippen LogP) is 3.76. The van der Waals surface area contributed by atoms with Crippen LogP contribution in [0.2, 0.25) is 0 Å². The molecule has 7 nitrogen and oxygen atoms in total. The summed E-state index contributed by atoms with van der Waals surface area (Å²) in [6.07, 6.45) is 4.66. The van der Waals surface area contributed by atoms with Gasteiger partial charge in [0.15, 0.2) is 0 Å². The number of sulfonamides is 1. The molecule has 0 bridgehead atoms. The number of nitrogens with zero attached hydrogens (tertiary/aromatic N) is 1. The number of imidazole rings is 1. The zero-order chi connectivity index (χ0) is 19.9. The molecular formula is C20H22N4O3S. The molecule has 0 spiro atoms. The lowest BCUT2D eigenvalue weighted by Gasteiger charge is -2.22. The molecule has 0 saturated heterocycles. The maximum absolute atomic E-state index is 12.6. The quantitative estimate of drug-likeness (QED) is 0.609. The fraction of sp³-hybridized carbons (Fsp3) is 0.300. The molecule has 0 aliphatic heterocycles. The Balaban J connectivity index is 1.55. The molecule has 1 amide bonds. The lowest BCUT2D eigenvalue weighted by Crippen LogP contribution is -2.14. The molecule has 146 valence electrons. The van der Waals surface area contributed by atoms with Crippen LogP contribution in [-0.2, 0) is 10.0 Å². The fourth-order valence-corrected chi connectivity index (χ4v) is 3.88. The molecule has 0 atom stereocenters. The number of nitrogens with one attached hydrogen (secondary N) is 3. The van der Waals surface area contributed by atoms with Gasteiger partial charge in [0.05, 0.1) is 23.0 Å². The van der Waals surface area contributed by atoms with Crippen LogP contribution in [0.25, 0.3) is 11.0 Å². The second-order valence-electron chi connectivity index (χ2n) is 7.34. The first-order valence-corrected chi connectivity index (χ1v) is 11.1. The topological polar surface area (TPSA) is 104 Å². The Bertz CT molecular complexity index is 1160. The summed E-state index contributed by atoms with van der Waals surface area (Å²) in [5, 5.41) is 2.86. The van der Waals surface area contributed by atoms with E-state index < -0.39 is 10.0 Å². The van der Waals surface area contributed by atoms with E-state index in [1.165, 1.54) is 25.3 Å². The minimum atomic E-state index is -3.42. The smallest absolute Gasteiger partial charge is 0.255 e. The van der Waals surface area contributed by atoms with Crippen LogP contribution in [0.1, 0.15) is 46.9 Å². The third kappa shape index (κ3) is 3.87. The summed E-state index contributed by atoms with van der Waals surface area (Å²) in [6.45, 7) is 1.78. The average molecular weight is 398 g/mol. The van der Waals surface area contributed by atoms with E-state index in [0.29, 0.717) is 22.9 Å². The standard InChI is InChI=1S/C20H22N4O3S/c1-12-6-7-14(10-17(12)24-28(2,26)27)20(25)21-15-8-9-16-18(11-15)23-19(22-16)13-4-3-5-13/h6-11,13,24H,3-5H2,1-2H3,(H,21,25)(H,22,23). The van der Waals surface area contributed by atoms with Gasteiger partial charge in [0.1, 0.15) is 5.82 Å². The van der Waals surface area contributed by atoms with E-state index in [1.807, 2.05) is 18.2 Å². The van der Waals surface area contributed by atoms with Crippen LogP contribution < -0.4 is 10.0 Å². The van der Waals surface area contributed by atoms with Crippen molar-refractivity contribution in [2.24, 2.45) is 0 Å². The Hall–Kier alpha value is -2.87. The Morgan fingerprint density at radius 3 is 2.64 bits per heavy atom. The highest BCUT2D eigenvalue weighted by atomic mass is 32.2. The molecule has 0 unspecified atom stereocenters. The molecule has 8 heteroatoms. The molecule has 3 aromatic rings. The van der Waals surface area contributed by atoms with Gasteiger partial charge in [0.2, 0.25) is 10.0 Å². The summed E-state index contributed by atoms with van der Waals surface area (Å²) < 4.78 is 25.4. The Morgan fingerprint density at radius 1 is 1.18 bits per heavy atom. The van der Waals surface area contributed by atoms with Gasteiger partial charge in [0, 0.05) is 17.2 Å². The Kier molecular flexibility index (Phi) is 4.58. The van der Waals surface area contributed by atoms with Gasteiger partial charge in [-0.15, -0.1) is 0 Å². The second kappa shape index (κ2) is 6.94. The summed E-state index contributed by atoms with van der Waals surface area (Å²) in [5.74, 6) is 1.22. The molecular weight excluding hydrogens is 376 g/mol. The normalized spacial score (nSPS) is 14.6. The Labute approximate surface area is 163 Å². The maximum atomic E-state index is 12.6. The van der Waals surface area contributed by atoms with Crippen LogP contribution in [0.5, 0.6) is 0 Å². The maximum Gasteiger partial charge on any atom is 0.255 e. The monoisotopic (exact) mass is 398 g/mol. The van der Waals surface area contributed by atoms with Gasteiger partial charge in [0.25, 0.3) is 5.91 Å². The number of anilines is 2. The van der Waals surface area contributed by atoms with E-state index in [2.05, 4.69) is 20.0 Å². The minimum absolute atomic E-state index is 0.311. The predicted molar refractivity (Wildman–Crippen MR) is 110 cm³/mol. The van der Waals surface area contributed by atoms with Crippen molar-refractivity contribution in [1.29, 1.82) is 0 Å². The van der Waals surface area contributed by atoms with E-state index in [0.717, 1.165) is 28.7 Å². The highest BCUT2D eigenvalue weighted by Crippen LogP contribution is 2.35. The van der Waals surface area contributed by atoms with Crippen LogP contribution in [0, 0.1) is 6.92 Å². The summed E-state index contributed by atoms with van der Waals surface area (Å²) in [7, 11) is -3.42.